The average molecular weight is 384 g/mol. The van der Waals surface area contributed by atoms with Crippen LogP contribution in [0.3, 0.4) is 0 Å². The third kappa shape index (κ3) is 4.49. The third-order valence-electron chi connectivity index (χ3n) is 3.99. The summed E-state index contributed by atoms with van der Waals surface area (Å²) in [6, 6.07) is 12.8. The molecule has 0 bridgehead atoms. The lowest BCUT2D eigenvalue weighted by Gasteiger charge is -2.07. The van der Waals surface area contributed by atoms with Crippen LogP contribution < -0.4 is 9.47 Å². The first-order chi connectivity index (χ1) is 13.0. The lowest BCUT2D eigenvalue weighted by molar-refractivity contribution is 0.0993. The summed E-state index contributed by atoms with van der Waals surface area (Å²) in [5.41, 5.74) is 2.46. The number of Topliss-reactive ketones (excluding diaryl/α,β-unsaturated/α-hetero) is 1. The maximum absolute atomic E-state index is 12.6. The number of hydrogen-bond acceptors (Lipinski definition) is 7. The molecule has 0 saturated carbocycles. The molecule has 0 unspecified atom stereocenters. The highest BCUT2D eigenvalue weighted by atomic mass is 32.2. The van der Waals surface area contributed by atoms with Crippen LogP contribution in [0.2, 0.25) is 0 Å². The molecule has 3 aromatic rings. The van der Waals surface area contributed by atoms with Gasteiger partial charge in [0, 0.05) is 17.2 Å². The molecular formula is C20H20N2O4S. The van der Waals surface area contributed by atoms with Gasteiger partial charge in [-0.3, -0.25) is 4.79 Å². The van der Waals surface area contributed by atoms with Crippen LogP contribution in [0, 0.1) is 6.92 Å². The molecule has 27 heavy (non-hydrogen) atoms. The van der Waals surface area contributed by atoms with Crippen molar-refractivity contribution in [2.45, 2.75) is 24.3 Å². The molecule has 0 saturated heterocycles. The number of benzene rings is 2. The largest absolute Gasteiger partial charge is 0.497 e. The van der Waals surface area contributed by atoms with E-state index in [1.807, 2.05) is 38.1 Å². The van der Waals surface area contributed by atoms with Crippen molar-refractivity contribution in [1.29, 1.82) is 0 Å². The van der Waals surface area contributed by atoms with Gasteiger partial charge in [0.25, 0.3) is 5.22 Å². The van der Waals surface area contributed by atoms with Crippen molar-refractivity contribution >= 4 is 17.5 Å². The van der Waals surface area contributed by atoms with E-state index in [-0.39, 0.29) is 11.0 Å². The topological polar surface area (TPSA) is 74.5 Å². The first-order valence-electron chi connectivity index (χ1n) is 8.34. The Kier molecular flexibility index (Phi) is 5.81. The minimum absolute atomic E-state index is 0.0165. The van der Waals surface area contributed by atoms with E-state index in [0.717, 1.165) is 5.56 Å². The first-order valence-corrected chi connectivity index (χ1v) is 9.22. The minimum Gasteiger partial charge on any atom is -0.497 e. The zero-order valence-electron chi connectivity index (χ0n) is 15.6. The number of hydrogen-bond donors (Lipinski definition) is 0. The number of rotatable bonds is 7. The number of aryl methyl sites for hydroxylation is 1. The smallest absolute Gasteiger partial charge is 0.277 e. The highest BCUT2D eigenvalue weighted by Crippen LogP contribution is 2.32. The van der Waals surface area contributed by atoms with Crippen LogP contribution in [0.15, 0.2) is 52.1 Å². The Bertz CT molecular complexity index is 915. The second kappa shape index (κ2) is 8.26. The van der Waals surface area contributed by atoms with E-state index in [2.05, 4.69) is 10.2 Å². The van der Waals surface area contributed by atoms with Gasteiger partial charge in [-0.2, -0.15) is 0 Å². The number of methoxy groups -OCH3 is 2. The molecule has 6 nitrogen and oxygen atoms in total. The van der Waals surface area contributed by atoms with Crippen molar-refractivity contribution in [3.8, 4) is 23.0 Å². The van der Waals surface area contributed by atoms with Gasteiger partial charge in [-0.05, 0) is 26.0 Å². The lowest BCUT2D eigenvalue weighted by atomic mass is 10.1. The summed E-state index contributed by atoms with van der Waals surface area (Å²) in [5, 5.41) is 8.11. The Morgan fingerprint density at radius 1 is 1.04 bits per heavy atom. The van der Waals surface area contributed by atoms with Crippen LogP contribution >= 0.6 is 11.8 Å². The summed E-state index contributed by atoms with van der Waals surface area (Å²) in [4.78, 5) is 12.6. The summed E-state index contributed by atoms with van der Waals surface area (Å²) >= 11 is 1.23. The van der Waals surface area contributed by atoms with Crippen LogP contribution in [0.5, 0.6) is 11.5 Å². The van der Waals surface area contributed by atoms with Gasteiger partial charge in [-0.1, -0.05) is 41.6 Å². The second-order valence-corrected chi connectivity index (χ2v) is 7.26. The molecule has 1 aromatic heterocycles. The molecule has 140 valence electrons. The van der Waals surface area contributed by atoms with E-state index in [0.29, 0.717) is 33.7 Å². The summed E-state index contributed by atoms with van der Waals surface area (Å²) in [6.45, 7) is 3.81. The maximum Gasteiger partial charge on any atom is 0.277 e. The molecule has 0 spiro atoms. The number of aromatic nitrogens is 2. The molecular weight excluding hydrogens is 364 g/mol. The normalized spacial score (nSPS) is 11.9. The summed E-state index contributed by atoms with van der Waals surface area (Å²) in [7, 11) is 3.15. The highest BCUT2D eigenvalue weighted by molar-refractivity contribution is 8.00. The second-order valence-electron chi connectivity index (χ2n) is 5.96. The molecule has 0 fully saturated rings. The van der Waals surface area contributed by atoms with Crippen LogP contribution in [-0.4, -0.2) is 35.5 Å². The van der Waals surface area contributed by atoms with Gasteiger partial charge in [0.1, 0.15) is 11.5 Å². The SMILES string of the molecule is COc1cc(OC)cc(-c2nnc(S[C@@H](C)C(=O)c3ccc(C)cc3)o2)c1. The van der Waals surface area contributed by atoms with Gasteiger partial charge in [-0.15, -0.1) is 10.2 Å². The van der Waals surface area contributed by atoms with Gasteiger partial charge < -0.3 is 13.9 Å². The van der Waals surface area contributed by atoms with E-state index < -0.39 is 0 Å². The standard InChI is InChI=1S/C20H20N2O4S/c1-12-5-7-14(8-6-12)18(23)13(2)27-20-22-21-19(26-20)15-9-16(24-3)11-17(10-15)25-4/h5-11,13H,1-4H3/t13-/m0/s1. The van der Waals surface area contributed by atoms with E-state index in [1.54, 1.807) is 32.4 Å². The predicted molar refractivity (Wildman–Crippen MR) is 104 cm³/mol. The maximum atomic E-state index is 12.6. The number of ketones is 1. The number of nitrogens with zero attached hydrogens (tertiary/aromatic N) is 2. The molecule has 1 heterocycles. The number of carbonyl (C=O) groups is 1. The Morgan fingerprint density at radius 3 is 2.26 bits per heavy atom. The molecule has 0 N–H and O–H groups in total. The third-order valence-corrected chi connectivity index (χ3v) is 4.92. The van der Waals surface area contributed by atoms with Crippen LogP contribution in [0.25, 0.3) is 11.5 Å². The fraction of sp³-hybridized carbons (Fsp3) is 0.250. The minimum atomic E-state index is -0.346. The van der Waals surface area contributed by atoms with Crippen LogP contribution in [0.1, 0.15) is 22.8 Å². The van der Waals surface area contributed by atoms with E-state index in [1.165, 1.54) is 11.8 Å². The fourth-order valence-electron chi connectivity index (χ4n) is 2.46. The van der Waals surface area contributed by atoms with Gasteiger partial charge in [0.2, 0.25) is 5.89 Å². The van der Waals surface area contributed by atoms with Gasteiger partial charge >= 0.3 is 0 Å². The van der Waals surface area contributed by atoms with Crippen molar-refractivity contribution < 1.29 is 18.7 Å². The van der Waals surface area contributed by atoms with E-state index >= 15 is 0 Å². The molecule has 1 atom stereocenters. The van der Waals surface area contributed by atoms with Gasteiger partial charge in [0.05, 0.1) is 19.5 Å². The van der Waals surface area contributed by atoms with Crippen molar-refractivity contribution in [3.05, 3.63) is 53.6 Å². The Balaban J connectivity index is 1.76. The van der Waals surface area contributed by atoms with E-state index in [4.69, 9.17) is 13.9 Å². The van der Waals surface area contributed by atoms with Crippen molar-refractivity contribution in [2.24, 2.45) is 0 Å². The van der Waals surface area contributed by atoms with Crippen molar-refractivity contribution in [2.75, 3.05) is 14.2 Å². The predicted octanol–water partition coefficient (Wildman–Crippen LogP) is 4.43. The van der Waals surface area contributed by atoms with Gasteiger partial charge in [-0.25, -0.2) is 0 Å². The molecule has 7 heteroatoms. The zero-order valence-corrected chi connectivity index (χ0v) is 16.4. The molecule has 2 aromatic carbocycles. The molecule has 3 rings (SSSR count). The van der Waals surface area contributed by atoms with Crippen LogP contribution in [-0.2, 0) is 0 Å². The summed E-state index contributed by atoms with van der Waals surface area (Å²) in [5.74, 6) is 1.60. The monoisotopic (exact) mass is 384 g/mol. The number of carbonyl (C=O) groups excluding carboxylic acids is 1. The Labute approximate surface area is 161 Å². The first kappa shape index (κ1) is 19.0. The van der Waals surface area contributed by atoms with Crippen molar-refractivity contribution in [1.82, 2.24) is 10.2 Å². The van der Waals surface area contributed by atoms with Crippen LogP contribution in [0.4, 0.5) is 0 Å². The number of ether oxygens (including phenoxy) is 2. The average Bonchev–Trinajstić information content (AvgIpc) is 3.16. The Hall–Kier alpha value is -2.80. The Morgan fingerprint density at radius 2 is 1.67 bits per heavy atom. The molecule has 0 amide bonds. The highest BCUT2D eigenvalue weighted by Gasteiger charge is 2.20. The fourth-order valence-corrected chi connectivity index (χ4v) is 3.22. The lowest BCUT2D eigenvalue weighted by Crippen LogP contribution is -2.13. The summed E-state index contributed by atoms with van der Waals surface area (Å²) in [6.07, 6.45) is 0. The quantitative estimate of drug-likeness (QED) is 0.441. The van der Waals surface area contributed by atoms with E-state index in [9.17, 15) is 4.79 Å². The molecule has 0 aliphatic rings. The zero-order chi connectivity index (χ0) is 19.4. The molecule has 0 aliphatic carbocycles. The molecule has 0 aliphatic heterocycles. The molecule has 0 radical (unpaired) electrons. The summed E-state index contributed by atoms with van der Waals surface area (Å²) < 4.78 is 16.2. The number of thioether (sulfide) groups is 1. The van der Waals surface area contributed by atoms with Crippen molar-refractivity contribution in [3.63, 3.8) is 0 Å². The van der Waals surface area contributed by atoms with Gasteiger partial charge in [0.15, 0.2) is 5.78 Å².